The Hall–Kier alpha value is -4.18. The first-order chi connectivity index (χ1) is 17.8. The minimum atomic E-state index is -4.19. The molecule has 10 heteroatoms. The molecule has 37 heavy (non-hydrogen) atoms. The Morgan fingerprint density at radius 1 is 1.00 bits per heavy atom. The van der Waals surface area contributed by atoms with Crippen molar-refractivity contribution in [2.75, 3.05) is 31.6 Å². The second-order valence-electron chi connectivity index (χ2n) is 8.13. The van der Waals surface area contributed by atoms with Crippen LogP contribution in [-0.4, -0.2) is 46.6 Å². The number of methoxy groups -OCH3 is 2. The highest BCUT2D eigenvalue weighted by molar-refractivity contribution is 7.93. The lowest BCUT2D eigenvalue weighted by molar-refractivity contribution is -0.119. The Morgan fingerprint density at radius 2 is 1.76 bits per heavy atom. The van der Waals surface area contributed by atoms with Crippen LogP contribution in [0.5, 0.6) is 11.5 Å². The summed E-state index contributed by atoms with van der Waals surface area (Å²) in [5.74, 6) is 0.150. The number of amides is 1. The summed E-state index contributed by atoms with van der Waals surface area (Å²) in [6, 6.07) is 16.9. The minimum absolute atomic E-state index is 0.0230. The second kappa shape index (κ2) is 11.3. The number of fused-ring (bicyclic) bond motifs is 1. The highest BCUT2D eigenvalue weighted by Gasteiger charge is 2.28. The monoisotopic (exact) mass is 523 g/mol. The molecule has 4 rings (SSSR count). The van der Waals surface area contributed by atoms with Gasteiger partial charge in [0.25, 0.3) is 10.0 Å². The van der Waals surface area contributed by atoms with Crippen LogP contribution in [0.4, 0.5) is 10.1 Å². The molecule has 0 saturated carbocycles. The Balaban J connectivity index is 1.56. The lowest BCUT2D eigenvalue weighted by Gasteiger charge is -2.25. The van der Waals surface area contributed by atoms with Crippen LogP contribution in [0, 0.1) is 5.82 Å². The molecular weight excluding hydrogens is 497 g/mol. The first-order valence-corrected chi connectivity index (χ1v) is 12.9. The van der Waals surface area contributed by atoms with Crippen molar-refractivity contribution in [1.82, 2.24) is 10.3 Å². The number of anilines is 1. The molecule has 0 aliphatic carbocycles. The van der Waals surface area contributed by atoms with Gasteiger partial charge in [0.15, 0.2) is 11.5 Å². The van der Waals surface area contributed by atoms with Crippen LogP contribution in [0.3, 0.4) is 0 Å². The Morgan fingerprint density at radius 3 is 2.49 bits per heavy atom. The van der Waals surface area contributed by atoms with E-state index in [1.54, 1.807) is 44.7 Å². The van der Waals surface area contributed by atoms with Crippen LogP contribution >= 0.6 is 0 Å². The zero-order valence-corrected chi connectivity index (χ0v) is 21.2. The van der Waals surface area contributed by atoms with Crippen LogP contribution in [0.1, 0.15) is 5.56 Å². The summed E-state index contributed by atoms with van der Waals surface area (Å²) in [5.41, 5.74) is 1.08. The molecular formula is C27H26FN3O5S. The van der Waals surface area contributed by atoms with Gasteiger partial charge in [-0.15, -0.1) is 0 Å². The molecule has 1 N–H and O–H groups in total. The lowest BCUT2D eigenvalue weighted by Crippen LogP contribution is -2.41. The zero-order valence-electron chi connectivity index (χ0n) is 20.3. The van der Waals surface area contributed by atoms with E-state index in [1.165, 1.54) is 24.4 Å². The van der Waals surface area contributed by atoms with Gasteiger partial charge in [0.2, 0.25) is 5.91 Å². The van der Waals surface area contributed by atoms with E-state index in [0.29, 0.717) is 28.7 Å². The van der Waals surface area contributed by atoms with E-state index in [2.05, 4.69) is 10.3 Å². The molecule has 1 heterocycles. The molecule has 0 saturated heterocycles. The van der Waals surface area contributed by atoms with E-state index in [-0.39, 0.29) is 17.1 Å². The molecule has 1 aromatic heterocycles. The number of carbonyl (C=O) groups excluding carboxylic acids is 1. The minimum Gasteiger partial charge on any atom is -0.493 e. The number of ether oxygens (including phenoxy) is 2. The van der Waals surface area contributed by atoms with Crippen LogP contribution in [0.25, 0.3) is 10.8 Å². The number of benzene rings is 3. The van der Waals surface area contributed by atoms with E-state index in [1.807, 2.05) is 12.1 Å². The second-order valence-corrected chi connectivity index (χ2v) is 9.96. The van der Waals surface area contributed by atoms with Crippen LogP contribution < -0.4 is 19.1 Å². The summed E-state index contributed by atoms with van der Waals surface area (Å²) < 4.78 is 52.7. The maximum absolute atomic E-state index is 13.8. The predicted octanol–water partition coefficient (Wildman–Crippen LogP) is 3.95. The number of hydrogen-bond acceptors (Lipinski definition) is 6. The van der Waals surface area contributed by atoms with Gasteiger partial charge in [0.1, 0.15) is 12.4 Å². The average Bonchev–Trinajstić information content (AvgIpc) is 2.91. The molecule has 1 amide bonds. The fourth-order valence-electron chi connectivity index (χ4n) is 3.93. The third kappa shape index (κ3) is 5.80. The number of sulfonamides is 1. The molecule has 0 unspecified atom stereocenters. The summed E-state index contributed by atoms with van der Waals surface area (Å²) in [7, 11) is -1.10. The van der Waals surface area contributed by atoms with E-state index in [4.69, 9.17) is 9.47 Å². The van der Waals surface area contributed by atoms with Crippen molar-refractivity contribution in [1.29, 1.82) is 0 Å². The quantitative estimate of drug-likeness (QED) is 0.338. The Bertz CT molecular complexity index is 1510. The molecule has 0 aliphatic rings. The largest absolute Gasteiger partial charge is 0.493 e. The van der Waals surface area contributed by atoms with E-state index < -0.39 is 28.3 Å². The van der Waals surface area contributed by atoms with Gasteiger partial charge in [0, 0.05) is 29.7 Å². The summed E-state index contributed by atoms with van der Waals surface area (Å²) >= 11 is 0. The lowest BCUT2D eigenvalue weighted by atomic mass is 10.1. The van der Waals surface area contributed by atoms with Gasteiger partial charge in [-0.25, -0.2) is 12.8 Å². The Kier molecular flexibility index (Phi) is 7.88. The van der Waals surface area contributed by atoms with Gasteiger partial charge in [0.05, 0.1) is 24.8 Å². The van der Waals surface area contributed by atoms with Crippen LogP contribution in [0.2, 0.25) is 0 Å². The van der Waals surface area contributed by atoms with Crippen molar-refractivity contribution in [2.45, 2.75) is 11.3 Å². The molecule has 0 aliphatic heterocycles. The zero-order chi connectivity index (χ0) is 26.4. The number of carbonyl (C=O) groups is 1. The average molecular weight is 524 g/mol. The van der Waals surface area contributed by atoms with Crippen molar-refractivity contribution in [3.05, 3.63) is 90.5 Å². The smallest absolute Gasteiger partial charge is 0.265 e. The van der Waals surface area contributed by atoms with Gasteiger partial charge < -0.3 is 14.8 Å². The van der Waals surface area contributed by atoms with Crippen molar-refractivity contribution in [3.63, 3.8) is 0 Å². The number of nitrogens with zero attached hydrogens (tertiary/aromatic N) is 2. The third-order valence-electron chi connectivity index (χ3n) is 5.79. The highest BCUT2D eigenvalue weighted by Crippen LogP contribution is 2.29. The van der Waals surface area contributed by atoms with Gasteiger partial charge in [-0.3, -0.25) is 14.1 Å². The molecule has 4 aromatic rings. The van der Waals surface area contributed by atoms with Gasteiger partial charge in [-0.1, -0.05) is 18.2 Å². The van der Waals surface area contributed by atoms with Crippen LogP contribution in [0.15, 0.2) is 84.0 Å². The molecule has 192 valence electrons. The van der Waals surface area contributed by atoms with Crippen molar-refractivity contribution in [3.8, 4) is 11.5 Å². The molecule has 0 radical (unpaired) electrons. The third-order valence-corrected chi connectivity index (χ3v) is 7.63. The number of hydrogen-bond donors (Lipinski definition) is 1. The first-order valence-electron chi connectivity index (χ1n) is 11.4. The number of halogens is 1. The predicted molar refractivity (Wildman–Crippen MR) is 139 cm³/mol. The van der Waals surface area contributed by atoms with E-state index >= 15 is 0 Å². The van der Waals surface area contributed by atoms with Crippen molar-refractivity contribution in [2.24, 2.45) is 0 Å². The number of nitrogens with one attached hydrogen (secondary N) is 1. The normalized spacial score (nSPS) is 11.2. The summed E-state index contributed by atoms with van der Waals surface area (Å²) in [6.07, 6.45) is 3.56. The van der Waals surface area contributed by atoms with E-state index in [9.17, 15) is 17.6 Å². The molecule has 0 atom stereocenters. The fraction of sp³-hybridized carbons (Fsp3) is 0.185. The number of pyridine rings is 1. The topological polar surface area (TPSA) is 97.8 Å². The Labute approximate surface area is 214 Å². The molecule has 0 bridgehead atoms. The summed E-state index contributed by atoms with van der Waals surface area (Å²) in [6.45, 7) is -0.215. The SMILES string of the molecule is COc1ccc(CCNC(=O)CN(c2ccc(F)cc2)S(=O)(=O)c2cccc3cnccc23)cc1OC. The molecule has 8 nitrogen and oxygen atoms in total. The van der Waals surface area contributed by atoms with Gasteiger partial charge in [-0.2, -0.15) is 0 Å². The maximum atomic E-state index is 13.8. The molecule has 3 aromatic carbocycles. The molecule has 0 spiro atoms. The van der Waals surface area contributed by atoms with Crippen molar-refractivity contribution >= 4 is 32.4 Å². The number of aromatic nitrogens is 1. The number of rotatable bonds is 10. The summed E-state index contributed by atoms with van der Waals surface area (Å²) in [4.78, 5) is 17.0. The standard InChI is InChI=1S/C27H26FN3O5S/c1-35-24-11-6-19(16-25(24)36-2)12-15-30-27(32)18-31(22-9-7-21(28)8-10-22)37(33,34)26-5-3-4-20-17-29-14-13-23(20)26/h3-11,13-14,16-17H,12,15,18H2,1-2H3,(H,30,32). The maximum Gasteiger partial charge on any atom is 0.265 e. The fourth-order valence-corrected chi connectivity index (χ4v) is 5.57. The van der Waals surface area contributed by atoms with Crippen LogP contribution in [-0.2, 0) is 21.2 Å². The van der Waals surface area contributed by atoms with Crippen molar-refractivity contribution < 1.29 is 27.1 Å². The van der Waals surface area contributed by atoms with Gasteiger partial charge >= 0.3 is 0 Å². The van der Waals surface area contributed by atoms with Gasteiger partial charge in [-0.05, 0) is 60.5 Å². The highest BCUT2D eigenvalue weighted by atomic mass is 32.2. The molecule has 0 fully saturated rings. The summed E-state index contributed by atoms with van der Waals surface area (Å²) in [5, 5.41) is 3.88. The first kappa shape index (κ1) is 25.9. The van der Waals surface area contributed by atoms with E-state index in [0.717, 1.165) is 22.0 Å².